The topological polar surface area (TPSA) is 58.1 Å². The number of benzene rings is 1. The molecule has 0 unspecified atom stereocenters. The van der Waals surface area contributed by atoms with Crippen molar-refractivity contribution < 1.29 is 14.6 Å². The van der Waals surface area contributed by atoms with Crippen LogP contribution in [0.25, 0.3) is 0 Å². The highest BCUT2D eigenvalue weighted by molar-refractivity contribution is 5.51. The Kier molecular flexibility index (Phi) is 6.59. The molecule has 2 atom stereocenters. The zero-order valence-corrected chi connectivity index (χ0v) is 20.0. The van der Waals surface area contributed by atoms with Crippen LogP contribution in [0.3, 0.4) is 0 Å². The molecule has 0 radical (unpaired) electrons. The Hall–Kier alpha value is -1.99. The monoisotopic (exact) mass is 439 g/mol. The van der Waals surface area contributed by atoms with E-state index in [9.17, 15) is 5.11 Å². The summed E-state index contributed by atoms with van der Waals surface area (Å²) in [5.41, 5.74) is 2.63. The maximum absolute atomic E-state index is 12.4. The Labute approximate surface area is 192 Å². The van der Waals surface area contributed by atoms with Gasteiger partial charge in [-0.25, -0.2) is 0 Å². The average Bonchev–Trinajstić information content (AvgIpc) is 2.78. The van der Waals surface area contributed by atoms with Gasteiger partial charge in [0.05, 0.1) is 31.2 Å². The number of aliphatic hydroxyl groups is 1. The normalized spacial score (nSPS) is 23.1. The second-order valence-electron chi connectivity index (χ2n) is 10.0. The van der Waals surface area contributed by atoms with Gasteiger partial charge in [0.15, 0.2) is 0 Å². The molecule has 174 valence electrons. The summed E-state index contributed by atoms with van der Waals surface area (Å²) in [7, 11) is 3.80. The Balaban J connectivity index is 1.71. The summed E-state index contributed by atoms with van der Waals surface area (Å²) in [5, 5.41) is 12.4. The molecule has 2 aliphatic rings. The molecule has 0 bridgehead atoms. The molecule has 6 nitrogen and oxygen atoms in total. The Morgan fingerprint density at radius 2 is 1.94 bits per heavy atom. The van der Waals surface area contributed by atoms with Crippen molar-refractivity contribution in [2.75, 3.05) is 58.5 Å². The summed E-state index contributed by atoms with van der Waals surface area (Å²) in [5.74, 6) is 0.453. The lowest BCUT2D eigenvalue weighted by Crippen LogP contribution is -2.63. The average molecular weight is 440 g/mol. The zero-order valence-electron chi connectivity index (χ0n) is 20.0. The van der Waals surface area contributed by atoms with Gasteiger partial charge in [0.2, 0.25) is 0 Å². The van der Waals surface area contributed by atoms with E-state index in [4.69, 9.17) is 9.47 Å². The van der Waals surface area contributed by atoms with Crippen molar-refractivity contribution in [3.63, 3.8) is 0 Å². The number of likely N-dealkylation sites (tertiary alicyclic amines) is 1. The molecule has 6 heteroatoms. The van der Waals surface area contributed by atoms with Gasteiger partial charge in [0, 0.05) is 50.5 Å². The van der Waals surface area contributed by atoms with Crippen LogP contribution in [0.1, 0.15) is 43.4 Å². The first-order chi connectivity index (χ1) is 15.3. The molecule has 32 heavy (non-hydrogen) atoms. The number of anilines is 1. The fraction of sp³-hybridized carbons (Fsp3) is 0.577. The predicted octanol–water partition coefficient (Wildman–Crippen LogP) is 3.24. The smallest absolute Gasteiger partial charge is 0.124 e. The van der Waals surface area contributed by atoms with Gasteiger partial charge in [0.1, 0.15) is 5.60 Å². The van der Waals surface area contributed by atoms with Crippen molar-refractivity contribution in [1.82, 2.24) is 9.88 Å². The van der Waals surface area contributed by atoms with Crippen molar-refractivity contribution in [1.29, 1.82) is 0 Å². The van der Waals surface area contributed by atoms with E-state index in [2.05, 4.69) is 72.9 Å². The van der Waals surface area contributed by atoms with Gasteiger partial charge in [-0.05, 0) is 30.2 Å². The second-order valence-corrected chi connectivity index (χ2v) is 10.0. The first kappa shape index (κ1) is 23.2. The van der Waals surface area contributed by atoms with Gasteiger partial charge < -0.3 is 24.4 Å². The number of hydrogen-bond acceptors (Lipinski definition) is 6. The van der Waals surface area contributed by atoms with E-state index in [1.54, 1.807) is 7.11 Å². The van der Waals surface area contributed by atoms with Gasteiger partial charge >= 0.3 is 0 Å². The molecule has 0 amide bonds. The minimum atomic E-state index is -1.13. The highest BCUT2D eigenvalue weighted by Gasteiger charge is 2.55. The number of pyridine rings is 1. The molecule has 2 fully saturated rings. The van der Waals surface area contributed by atoms with Crippen molar-refractivity contribution in [3.05, 3.63) is 59.4 Å². The molecule has 0 saturated carbocycles. The molecule has 2 aromatic rings. The summed E-state index contributed by atoms with van der Waals surface area (Å²) in [6, 6.07) is 10.6. The standard InChI is InChI=1S/C26H37N3O3/c1-19(2)20-6-8-21(9-7-20)26(30,25(3)17-28(4)18-25)22-12-23(14-27-13-22)29-10-11-32-24(15-29)16-31-5/h6-9,12-14,19,24,30H,10-11,15-18H2,1-5H3/t24-,26-/m0/s1. The van der Waals surface area contributed by atoms with Gasteiger partial charge in [-0.15, -0.1) is 0 Å². The first-order valence-electron chi connectivity index (χ1n) is 11.6. The van der Waals surface area contributed by atoms with Crippen molar-refractivity contribution >= 4 is 5.69 Å². The highest BCUT2D eigenvalue weighted by atomic mass is 16.5. The number of aromatic nitrogens is 1. The second kappa shape index (κ2) is 9.10. The van der Waals surface area contributed by atoms with Gasteiger partial charge in [-0.3, -0.25) is 4.98 Å². The molecule has 1 N–H and O–H groups in total. The van der Waals surface area contributed by atoms with E-state index in [-0.39, 0.29) is 11.5 Å². The van der Waals surface area contributed by atoms with Crippen LogP contribution in [0.15, 0.2) is 42.7 Å². The summed E-state index contributed by atoms with van der Waals surface area (Å²) in [6.07, 6.45) is 3.75. The van der Waals surface area contributed by atoms with E-state index >= 15 is 0 Å². The van der Waals surface area contributed by atoms with Crippen molar-refractivity contribution in [3.8, 4) is 0 Å². The SMILES string of the molecule is COC[C@@H]1CN(c2cncc([C@@](O)(c3ccc(C(C)C)cc3)C3(C)CN(C)C3)c2)CCO1. The van der Waals surface area contributed by atoms with Crippen LogP contribution >= 0.6 is 0 Å². The number of morpholine rings is 1. The fourth-order valence-electron chi connectivity index (χ4n) is 5.39. The highest BCUT2D eigenvalue weighted by Crippen LogP contribution is 2.50. The van der Waals surface area contributed by atoms with Gasteiger partial charge in [-0.1, -0.05) is 45.0 Å². The summed E-state index contributed by atoms with van der Waals surface area (Å²) < 4.78 is 11.1. The minimum Gasteiger partial charge on any atom is -0.382 e. The van der Waals surface area contributed by atoms with Crippen molar-refractivity contribution in [2.45, 2.75) is 38.4 Å². The predicted molar refractivity (Wildman–Crippen MR) is 127 cm³/mol. The third-order valence-corrected chi connectivity index (χ3v) is 7.10. The summed E-state index contributed by atoms with van der Waals surface area (Å²) in [6.45, 7) is 11.0. The maximum atomic E-state index is 12.4. The number of nitrogens with zero attached hydrogens (tertiary/aromatic N) is 3. The lowest BCUT2D eigenvalue weighted by Gasteiger charge is -2.56. The maximum Gasteiger partial charge on any atom is 0.124 e. The largest absolute Gasteiger partial charge is 0.382 e. The first-order valence-corrected chi connectivity index (χ1v) is 11.6. The number of methoxy groups -OCH3 is 1. The van der Waals surface area contributed by atoms with Crippen molar-refractivity contribution in [2.24, 2.45) is 5.41 Å². The molecule has 3 heterocycles. The van der Waals surface area contributed by atoms with Gasteiger partial charge in [0.25, 0.3) is 0 Å². The molecular weight excluding hydrogens is 402 g/mol. The quantitative estimate of drug-likeness (QED) is 0.715. The number of rotatable bonds is 7. The summed E-state index contributed by atoms with van der Waals surface area (Å²) in [4.78, 5) is 9.10. The lowest BCUT2D eigenvalue weighted by molar-refractivity contribution is -0.127. The van der Waals surface area contributed by atoms with E-state index in [1.165, 1.54) is 5.56 Å². The van der Waals surface area contributed by atoms with E-state index in [0.717, 1.165) is 43.0 Å². The van der Waals surface area contributed by atoms with Crippen LogP contribution in [0.2, 0.25) is 0 Å². The molecule has 4 rings (SSSR count). The Morgan fingerprint density at radius 3 is 2.56 bits per heavy atom. The molecule has 2 saturated heterocycles. The lowest BCUT2D eigenvalue weighted by atomic mass is 9.62. The van der Waals surface area contributed by atoms with Crippen LogP contribution in [0.5, 0.6) is 0 Å². The zero-order chi connectivity index (χ0) is 22.9. The van der Waals surface area contributed by atoms with Crippen LogP contribution in [-0.4, -0.2) is 74.6 Å². The third kappa shape index (κ3) is 4.17. The molecular formula is C26H37N3O3. The minimum absolute atomic E-state index is 0.0395. The Bertz CT molecular complexity index is 909. The van der Waals surface area contributed by atoms with Gasteiger partial charge in [-0.2, -0.15) is 0 Å². The molecule has 1 aromatic heterocycles. The number of hydrogen-bond donors (Lipinski definition) is 1. The van der Waals surface area contributed by atoms with E-state index < -0.39 is 5.60 Å². The number of ether oxygens (including phenoxy) is 2. The van der Waals surface area contributed by atoms with Crippen LogP contribution < -0.4 is 4.90 Å². The van der Waals surface area contributed by atoms with Crippen LogP contribution in [0, 0.1) is 5.41 Å². The van der Waals surface area contributed by atoms with Crippen LogP contribution in [0.4, 0.5) is 5.69 Å². The molecule has 2 aliphatic heterocycles. The van der Waals surface area contributed by atoms with E-state index in [1.807, 2.05) is 12.4 Å². The summed E-state index contributed by atoms with van der Waals surface area (Å²) >= 11 is 0. The molecule has 0 spiro atoms. The molecule has 0 aliphatic carbocycles. The van der Waals surface area contributed by atoms with Crippen LogP contribution in [-0.2, 0) is 15.1 Å². The van der Waals surface area contributed by atoms with E-state index in [0.29, 0.717) is 19.1 Å². The fourth-order valence-corrected chi connectivity index (χ4v) is 5.39. The molecule has 1 aromatic carbocycles. The Morgan fingerprint density at radius 1 is 1.22 bits per heavy atom. The third-order valence-electron chi connectivity index (χ3n) is 7.10.